The maximum absolute atomic E-state index is 13.4. The minimum Gasteiger partial charge on any atom is -0.503 e. The number of rotatable bonds is 7. The number of esters is 1. The number of carbonyl (C=O) groups is 3. The summed E-state index contributed by atoms with van der Waals surface area (Å²) in [5, 5.41) is 11.8. The summed E-state index contributed by atoms with van der Waals surface area (Å²) in [4.78, 5) is 38.9. The molecule has 2 heterocycles. The molecular weight excluding hydrogens is 450 g/mol. The Morgan fingerprint density at radius 3 is 2.55 bits per heavy atom. The molecule has 0 bridgehead atoms. The van der Waals surface area contributed by atoms with Gasteiger partial charge in [-0.1, -0.05) is 23.7 Å². The lowest BCUT2D eigenvalue weighted by molar-refractivity contribution is -0.132. The third kappa shape index (κ3) is 4.35. The second-order valence-electron chi connectivity index (χ2n) is 7.44. The molecular formula is C24H20ClNO7. The van der Waals surface area contributed by atoms with Gasteiger partial charge >= 0.3 is 5.97 Å². The first kappa shape index (κ1) is 22.6. The number of hydrogen-bond donors (Lipinski definition) is 1. The fourth-order valence-corrected chi connectivity index (χ4v) is 3.98. The standard InChI is InChI=1S/C24H20ClNO7/c1-13(27)32-17-6-3-14(4-7-17)21-20(23(29)24(30)26(21)9-10-31-2)22(28)19-12-15-11-16(25)5-8-18(15)33-19/h3-8,11-12,21,29H,9-10H2,1-2H3. The molecule has 0 aliphatic carbocycles. The number of ketones is 1. The zero-order valence-electron chi connectivity index (χ0n) is 17.8. The highest BCUT2D eigenvalue weighted by molar-refractivity contribution is 6.31. The van der Waals surface area contributed by atoms with Gasteiger partial charge in [-0.3, -0.25) is 14.4 Å². The van der Waals surface area contributed by atoms with Gasteiger partial charge in [-0.2, -0.15) is 0 Å². The van der Waals surface area contributed by atoms with E-state index in [1.165, 1.54) is 25.0 Å². The Hall–Kier alpha value is -3.62. The van der Waals surface area contributed by atoms with Crippen LogP contribution in [0.1, 0.15) is 29.1 Å². The second-order valence-corrected chi connectivity index (χ2v) is 7.88. The van der Waals surface area contributed by atoms with E-state index in [9.17, 15) is 19.5 Å². The van der Waals surface area contributed by atoms with Gasteiger partial charge in [0.2, 0.25) is 5.78 Å². The van der Waals surface area contributed by atoms with E-state index in [1.54, 1.807) is 42.5 Å². The van der Waals surface area contributed by atoms with Crippen LogP contribution < -0.4 is 4.74 Å². The lowest BCUT2D eigenvalue weighted by Crippen LogP contribution is -2.34. The molecule has 1 amide bonds. The number of nitrogens with zero attached hydrogens (tertiary/aromatic N) is 1. The van der Waals surface area contributed by atoms with Crippen molar-refractivity contribution in [1.82, 2.24) is 4.90 Å². The number of carbonyl (C=O) groups excluding carboxylic acids is 3. The first-order valence-corrected chi connectivity index (χ1v) is 10.4. The van der Waals surface area contributed by atoms with Gasteiger partial charge in [-0.25, -0.2) is 0 Å². The zero-order valence-corrected chi connectivity index (χ0v) is 18.6. The normalized spacial score (nSPS) is 16.0. The van der Waals surface area contributed by atoms with Gasteiger partial charge in [0.1, 0.15) is 11.3 Å². The van der Waals surface area contributed by atoms with E-state index < -0.39 is 29.5 Å². The van der Waals surface area contributed by atoms with Crippen LogP contribution in [0.3, 0.4) is 0 Å². The molecule has 1 N–H and O–H groups in total. The Kier molecular flexibility index (Phi) is 6.22. The van der Waals surface area contributed by atoms with E-state index in [4.69, 9.17) is 25.5 Å². The molecule has 0 fully saturated rings. The first-order valence-electron chi connectivity index (χ1n) is 10.1. The molecule has 9 heteroatoms. The number of fused-ring (bicyclic) bond motifs is 1. The van der Waals surface area contributed by atoms with Crippen molar-refractivity contribution in [3.63, 3.8) is 0 Å². The third-order valence-corrected chi connectivity index (χ3v) is 5.48. The van der Waals surface area contributed by atoms with E-state index in [0.717, 1.165) is 0 Å². The average molecular weight is 470 g/mol. The molecule has 4 rings (SSSR count). The highest BCUT2D eigenvalue weighted by atomic mass is 35.5. The van der Waals surface area contributed by atoms with Gasteiger partial charge in [0.15, 0.2) is 11.5 Å². The van der Waals surface area contributed by atoms with Crippen molar-refractivity contribution in [2.45, 2.75) is 13.0 Å². The van der Waals surface area contributed by atoms with Gasteiger partial charge in [-0.05, 0) is 42.0 Å². The Balaban J connectivity index is 1.76. The van der Waals surface area contributed by atoms with Gasteiger partial charge in [-0.15, -0.1) is 0 Å². The molecule has 1 unspecified atom stereocenters. The van der Waals surface area contributed by atoms with Gasteiger partial charge in [0.05, 0.1) is 18.2 Å². The van der Waals surface area contributed by atoms with Crippen molar-refractivity contribution >= 4 is 40.2 Å². The highest BCUT2D eigenvalue weighted by Gasteiger charge is 2.44. The molecule has 33 heavy (non-hydrogen) atoms. The molecule has 2 aromatic carbocycles. The molecule has 1 aromatic heterocycles. The van der Waals surface area contributed by atoms with Crippen LogP contribution in [0.15, 0.2) is 64.3 Å². The van der Waals surface area contributed by atoms with Crippen LogP contribution in [0.25, 0.3) is 11.0 Å². The number of hydrogen-bond acceptors (Lipinski definition) is 7. The van der Waals surface area contributed by atoms with Crippen molar-refractivity contribution in [2.75, 3.05) is 20.3 Å². The molecule has 0 saturated carbocycles. The lowest BCUT2D eigenvalue weighted by Gasteiger charge is -2.26. The maximum Gasteiger partial charge on any atom is 0.308 e. The van der Waals surface area contributed by atoms with Crippen molar-refractivity contribution in [1.29, 1.82) is 0 Å². The molecule has 1 atom stereocenters. The summed E-state index contributed by atoms with van der Waals surface area (Å²) in [5.41, 5.74) is 0.883. The number of amides is 1. The van der Waals surface area contributed by atoms with Crippen molar-refractivity contribution in [3.8, 4) is 5.75 Å². The Bertz CT molecular complexity index is 1280. The second kappa shape index (κ2) is 9.09. The van der Waals surface area contributed by atoms with Gasteiger partial charge in [0, 0.05) is 31.0 Å². The van der Waals surface area contributed by atoms with E-state index >= 15 is 0 Å². The Labute approximate surface area is 193 Å². The number of ether oxygens (including phenoxy) is 2. The number of methoxy groups -OCH3 is 1. The quantitative estimate of drug-likeness (QED) is 0.313. The molecule has 170 valence electrons. The zero-order chi connectivity index (χ0) is 23.7. The maximum atomic E-state index is 13.4. The molecule has 0 saturated heterocycles. The molecule has 3 aromatic rings. The van der Waals surface area contributed by atoms with Crippen LogP contribution in [-0.4, -0.2) is 47.9 Å². The van der Waals surface area contributed by atoms with Crippen molar-refractivity contribution in [3.05, 3.63) is 76.2 Å². The topological polar surface area (TPSA) is 106 Å². The van der Waals surface area contributed by atoms with Crippen molar-refractivity contribution in [2.24, 2.45) is 0 Å². The predicted molar refractivity (Wildman–Crippen MR) is 119 cm³/mol. The summed E-state index contributed by atoms with van der Waals surface area (Å²) in [6, 6.07) is 11.9. The van der Waals surface area contributed by atoms with E-state index in [2.05, 4.69) is 0 Å². The van der Waals surface area contributed by atoms with Crippen LogP contribution >= 0.6 is 11.6 Å². The number of Topliss-reactive ketones (excluding diaryl/α,β-unsaturated/α-hetero) is 1. The Morgan fingerprint density at radius 1 is 1.15 bits per heavy atom. The van der Waals surface area contributed by atoms with Crippen LogP contribution in [0.2, 0.25) is 5.02 Å². The first-order chi connectivity index (χ1) is 15.8. The van der Waals surface area contributed by atoms with E-state index in [0.29, 0.717) is 27.3 Å². The largest absolute Gasteiger partial charge is 0.503 e. The van der Waals surface area contributed by atoms with Crippen LogP contribution in [0.4, 0.5) is 0 Å². The summed E-state index contributed by atoms with van der Waals surface area (Å²) in [6.45, 7) is 1.63. The van der Waals surface area contributed by atoms with Gasteiger partial charge < -0.3 is 23.9 Å². The third-order valence-electron chi connectivity index (χ3n) is 5.24. The smallest absolute Gasteiger partial charge is 0.308 e. The highest BCUT2D eigenvalue weighted by Crippen LogP contribution is 2.40. The fourth-order valence-electron chi connectivity index (χ4n) is 3.80. The summed E-state index contributed by atoms with van der Waals surface area (Å²) < 4.78 is 15.8. The number of halogens is 1. The molecule has 1 aliphatic rings. The Morgan fingerprint density at radius 2 is 1.88 bits per heavy atom. The average Bonchev–Trinajstić information content (AvgIpc) is 3.31. The van der Waals surface area contributed by atoms with Crippen LogP contribution in [-0.2, 0) is 14.3 Å². The van der Waals surface area contributed by atoms with Gasteiger partial charge in [0.25, 0.3) is 5.91 Å². The molecule has 0 radical (unpaired) electrons. The predicted octanol–water partition coefficient (Wildman–Crippen LogP) is 4.24. The number of furan rings is 1. The van der Waals surface area contributed by atoms with E-state index in [1.807, 2.05) is 0 Å². The molecule has 1 aliphatic heterocycles. The number of aliphatic hydroxyl groups excluding tert-OH is 1. The fraction of sp³-hybridized carbons (Fsp3) is 0.208. The van der Waals surface area contributed by atoms with Crippen molar-refractivity contribution < 1.29 is 33.4 Å². The SMILES string of the molecule is COCCN1C(=O)C(O)=C(C(=O)c2cc3cc(Cl)ccc3o2)C1c1ccc(OC(C)=O)cc1. The van der Waals surface area contributed by atoms with Crippen LogP contribution in [0, 0.1) is 0 Å². The monoisotopic (exact) mass is 469 g/mol. The summed E-state index contributed by atoms with van der Waals surface area (Å²) in [6.07, 6.45) is 0. The number of benzene rings is 2. The molecule has 0 spiro atoms. The summed E-state index contributed by atoms with van der Waals surface area (Å²) >= 11 is 6.02. The minimum atomic E-state index is -0.886. The molecule has 8 nitrogen and oxygen atoms in total. The van der Waals surface area contributed by atoms with Crippen LogP contribution in [0.5, 0.6) is 5.75 Å². The summed E-state index contributed by atoms with van der Waals surface area (Å²) in [7, 11) is 1.49. The van der Waals surface area contributed by atoms with E-state index in [-0.39, 0.29) is 24.5 Å². The lowest BCUT2D eigenvalue weighted by atomic mass is 9.95. The summed E-state index contributed by atoms with van der Waals surface area (Å²) in [5.74, 6) is -2.15. The minimum absolute atomic E-state index is 0.0308. The number of aliphatic hydroxyl groups is 1.